The van der Waals surface area contributed by atoms with Crippen LogP contribution in [0.25, 0.3) is 0 Å². The molecule has 15 heavy (non-hydrogen) atoms. The average molecular weight is 277 g/mol. The van der Waals surface area contributed by atoms with E-state index in [1.165, 1.54) is 6.07 Å². The normalized spacial score (nSPS) is 14.9. The summed E-state index contributed by atoms with van der Waals surface area (Å²) in [7, 11) is 1.66. The molecule has 6 heteroatoms. The summed E-state index contributed by atoms with van der Waals surface area (Å²) in [6.45, 7) is 0.217. The molecule has 5 nitrogen and oxygen atoms in total. The van der Waals surface area contributed by atoms with Crippen molar-refractivity contribution >= 4 is 15.9 Å². The highest BCUT2D eigenvalue weighted by Crippen LogP contribution is 2.25. The van der Waals surface area contributed by atoms with Crippen molar-refractivity contribution in [3.05, 3.63) is 22.4 Å². The zero-order valence-corrected chi connectivity index (χ0v) is 9.77. The van der Waals surface area contributed by atoms with Crippen molar-refractivity contribution in [2.75, 3.05) is 13.6 Å². The summed E-state index contributed by atoms with van der Waals surface area (Å²) in [4.78, 5) is 3.90. The molecular formula is C9H13BrN2O3. The summed E-state index contributed by atoms with van der Waals surface area (Å²) in [6, 6.07) is 2.96. The van der Waals surface area contributed by atoms with E-state index < -0.39 is 12.2 Å². The number of aliphatic hydroxyl groups excluding tert-OH is 2. The fraction of sp³-hybridized carbons (Fsp3) is 0.444. The van der Waals surface area contributed by atoms with Gasteiger partial charge in [0.05, 0.1) is 6.10 Å². The van der Waals surface area contributed by atoms with E-state index in [9.17, 15) is 15.3 Å². The van der Waals surface area contributed by atoms with Gasteiger partial charge >= 0.3 is 0 Å². The Morgan fingerprint density at radius 3 is 2.73 bits per heavy atom. The van der Waals surface area contributed by atoms with Crippen LogP contribution in [0.1, 0.15) is 11.8 Å². The van der Waals surface area contributed by atoms with Crippen molar-refractivity contribution in [2.24, 2.45) is 0 Å². The number of nitrogens with one attached hydrogen (secondary N) is 1. The first-order valence-electron chi connectivity index (χ1n) is 4.42. The van der Waals surface area contributed by atoms with E-state index in [-0.39, 0.29) is 18.0 Å². The average Bonchev–Trinajstić information content (AvgIpc) is 2.21. The van der Waals surface area contributed by atoms with Gasteiger partial charge in [-0.15, -0.1) is 0 Å². The quantitative estimate of drug-likeness (QED) is 0.589. The fourth-order valence-electron chi connectivity index (χ4n) is 1.16. The monoisotopic (exact) mass is 276 g/mol. The predicted molar refractivity (Wildman–Crippen MR) is 58.5 cm³/mol. The molecule has 0 aliphatic rings. The van der Waals surface area contributed by atoms with Gasteiger partial charge in [0, 0.05) is 6.54 Å². The highest BCUT2D eigenvalue weighted by molar-refractivity contribution is 9.10. The third-order valence-electron chi connectivity index (χ3n) is 1.93. The molecule has 0 fully saturated rings. The number of halogens is 1. The Labute approximate surface area is 95.9 Å². The van der Waals surface area contributed by atoms with Crippen LogP contribution in [0, 0.1) is 0 Å². The van der Waals surface area contributed by atoms with Crippen LogP contribution in [0.4, 0.5) is 0 Å². The van der Waals surface area contributed by atoms with E-state index in [1.54, 1.807) is 13.1 Å². The van der Waals surface area contributed by atoms with E-state index in [0.29, 0.717) is 4.60 Å². The lowest BCUT2D eigenvalue weighted by Gasteiger charge is -2.17. The zero-order chi connectivity index (χ0) is 11.4. The second-order valence-corrected chi connectivity index (χ2v) is 3.92. The molecule has 0 aliphatic heterocycles. The molecule has 1 aromatic rings. The molecule has 1 rings (SSSR count). The standard InChI is InChI=1S/C9H13BrN2O3/c1-11-4-6(14)9(15)8-5(13)2-3-7(10)12-8/h2-3,6,9,11,13-15H,4H2,1H3. The minimum absolute atomic E-state index is 0.0622. The van der Waals surface area contributed by atoms with Crippen molar-refractivity contribution in [1.82, 2.24) is 10.3 Å². The smallest absolute Gasteiger partial charge is 0.139 e. The number of likely N-dealkylation sites (N-methyl/N-ethyl adjacent to an activating group) is 1. The number of aliphatic hydroxyl groups is 2. The molecule has 0 saturated carbocycles. The molecule has 4 N–H and O–H groups in total. The van der Waals surface area contributed by atoms with Gasteiger partial charge in [0.2, 0.25) is 0 Å². The summed E-state index contributed by atoms with van der Waals surface area (Å²) >= 11 is 3.12. The number of aromatic hydroxyl groups is 1. The molecule has 1 aromatic heterocycles. The first kappa shape index (κ1) is 12.4. The Kier molecular flexibility index (Phi) is 4.46. The van der Waals surface area contributed by atoms with Gasteiger partial charge in [-0.1, -0.05) is 0 Å². The minimum atomic E-state index is -1.21. The summed E-state index contributed by atoms with van der Waals surface area (Å²) < 4.78 is 0.492. The van der Waals surface area contributed by atoms with Crippen LogP contribution in [-0.4, -0.2) is 40.0 Å². The van der Waals surface area contributed by atoms with Crippen molar-refractivity contribution in [3.63, 3.8) is 0 Å². The van der Waals surface area contributed by atoms with Gasteiger partial charge in [0.25, 0.3) is 0 Å². The lowest BCUT2D eigenvalue weighted by atomic mass is 10.1. The molecule has 2 unspecified atom stereocenters. The summed E-state index contributed by atoms with van der Waals surface area (Å²) in [6.07, 6.45) is -2.22. The predicted octanol–water partition coefficient (Wildman–Crippen LogP) is 0.163. The van der Waals surface area contributed by atoms with Crippen molar-refractivity contribution in [1.29, 1.82) is 0 Å². The van der Waals surface area contributed by atoms with Crippen LogP contribution < -0.4 is 5.32 Å². The van der Waals surface area contributed by atoms with Gasteiger partial charge in [-0.25, -0.2) is 4.98 Å². The van der Waals surface area contributed by atoms with Crippen molar-refractivity contribution < 1.29 is 15.3 Å². The van der Waals surface area contributed by atoms with E-state index in [1.807, 2.05) is 0 Å². The number of nitrogens with zero attached hydrogens (tertiary/aromatic N) is 1. The van der Waals surface area contributed by atoms with Gasteiger partial charge in [0.15, 0.2) is 0 Å². The number of hydrogen-bond donors (Lipinski definition) is 4. The summed E-state index contributed by atoms with van der Waals surface area (Å²) in [5.74, 6) is -0.138. The Bertz CT molecular complexity index is 335. The molecule has 0 radical (unpaired) electrons. The summed E-state index contributed by atoms with van der Waals surface area (Å²) in [5.41, 5.74) is 0.0622. The Balaban J connectivity index is 2.89. The highest BCUT2D eigenvalue weighted by atomic mass is 79.9. The Hall–Kier alpha value is -0.690. The van der Waals surface area contributed by atoms with E-state index in [4.69, 9.17) is 0 Å². The van der Waals surface area contributed by atoms with Crippen molar-refractivity contribution in [2.45, 2.75) is 12.2 Å². The molecular weight excluding hydrogens is 264 g/mol. The molecule has 1 heterocycles. The topological polar surface area (TPSA) is 85.6 Å². The molecule has 0 spiro atoms. The molecule has 84 valence electrons. The Morgan fingerprint density at radius 1 is 1.47 bits per heavy atom. The third-order valence-corrected chi connectivity index (χ3v) is 2.37. The zero-order valence-electron chi connectivity index (χ0n) is 8.18. The van der Waals surface area contributed by atoms with Crippen LogP contribution >= 0.6 is 15.9 Å². The molecule has 0 aliphatic carbocycles. The maximum Gasteiger partial charge on any atom is 0.139 e. The van der Waals surface area contributed by atoms with E-state index in [2.05, 4.69) is 26.2 Å². The third kappa shape index (κ3) is 3.13. The van der Waals surface area contributed by atoms with Crippen LogP contribution in [0.3, 0.4) is 0 Å². The molecule has 0 bridgehead atoms. The van der Waals surface area contributed by atoms with Gasteiger partial charge in [-0.3, -0.25) is 0 Å². The maximum absolute atomic E-state index is 9.69. The fourth-order valence-corrected chi connectivity index (χ4v) is 1.49. The van der Waals surface area contributed by atoms with Crippen LogP contribution in [0.5, 0.6) is 5.75 Å². The second-order valence-electron chi connectivity index (χ2n) is 3.11. The largest absolute Gasteiger partial charge is 0.506 e. The van der Waals surface area contributed by atoms with Crippen LogP contribution in [-0.2, 0) is 0 Å². The Morgan fingerprint density at radius 2 is 2.13 bits per heavy atom. The number of pyridine rings is 1. The van der Waals surface area contributed by atoms with Gasteiger partial charge < -0.3 is 20.6 Å². The molecule has 0 aromatic carbocycles. The number of aromatic nitrogens is 1. The minimum Gasteiger partial charge on any atom is -0.506 e. The van der Waals surface area contributed by atoms with Gasteiger partial charge in [-0.2, -0.15) is 0 Å². The molecule has 0 amide bonds. The number of rotatable bonds is 4. The summed E-state index contributed by atoms with van der Waals surface area (Å²) in [5, 5.41) is 31.4. The second kappa shape index (κ2) is 5.41. The van der Waals surface area contributed by atoms with Crippen LogP contribution in [0.2, 0.25) is 0 Å². The van der Waals surface area contributed by atoms with E-state index >= 15 is 0 Å². The van der Waals surface area contributed by atoms with Gasteiger partial charge in [0.1, 0.15) is 22.2 Å². The molecule has 0 saturated heterocycles. The maximum atomic E-state index is 9.69. The SMILES string of the molecule is CNCC(O)C(O)c1nc(Br)ccc1O. The first-order chi connectivity index (χ1) is 7.06. The highest BCUT2D eigenvalue weighted by Gasteiger charge is 2.22. The van der Waals surface area contributed by atoms with E-state index in [0.717, 1.165) is 0 Å². The molecule has 2 atom stereocenters. The van der Waals surface area contributed by atoms with Gasteiger partial charge in [-0.05, 0) is 35.1 Å². The van der Waals surface area contributed by atoms with Crippen LogP contribution in [0.15, 0.2) is 16.7 Å². The van der Waals surface area contributed by atoms with Crippen molar-refractivity contribution in [3.8, 4) is 5.75 Å². The number of hydrogen-bond acceptors (Lipinski definition) is 5. The first-order valence-corrected chi connectivity index (χ1v) is 5.21. The lowest BCUT2D eigenvalue weighted by Crippen LogP contribution is -2.30. The lowest BCUT2D eigenvalue weighted by molar-refractivity contribution is 0.0161.